The summed E-state index contributed by atoms with van der Waals surface area (Å²) in [7, 11) is -1.59. The van der Waals surface area contributed by atoms with Crippen molar-refractivity contribution in [1.29, 1.82) is 0 Å². The molecule has 0 fully saturated rings. The van der Waals surface area contributed by atoms with Crippen LogP contribution in [-0.2, 0) is 9.84 Å². The van der Waals surface area contributed by atoms with Crippen LogP contribution < -0.4 is 5.32 Å². The van der Waals surface area contributed by atoms with Crippen molar-refractivity contribution in [2.45, 2.75) is 29.8 Å². The molecule has 4 nitrogen and oxygen atoms in total. The molecule has 0 amide bonds. The maximum absolute atomic E-state index is 12.7. The van der Waals surface area contributed by atoms with Crippen molar-refractivity contribution in [2.75, 3.05) is 26.0 Å². The van der Waals surface area contributed by atoms with Crippen LogP contribution in [0.3, 0.4) is 0 Å². The Labute approximate surface area is 122 Å². The van der Waals surface area contributed by atoms with Gasteiger partial charge in [-0.25, -0.2) is 8.42 Å². The first-order chi connectivity index (χ1) is 9.55. The lowest BCUT2D eigenvalue weighted by atomic mass is 10.2. The number of alkyl halides is 3. The minimum Gasteiger partial charge on any atom is -0.381 e. The second-order valence-corrected chi connectivity index (χ2v) is 6.99. The molecule has 0 radical (unpaired) electrons. The van der Waals surface area contributed by atoms with E-state index in [1.807, 2.05) is 19.0 Å². The molecule has 0 saturated heterocycles. The van der Waals surface area contributed by atoms with E-state index in [1.165, 1.54) is 18.2 Å². The molecule has 1 N–H and O–H groups in total. The number of benzene rings is 1. The van der Waals surface area contributed by atoms with E-state index in [4.69, 9.17) is 0 Å². The van der Waals surface area contributed by atoms with Gasteiger partial charge >= 0.3 is 5.51 Å². The fourth-order valence-electron chi connectivity index (χ4n) is 1.73. The summed E-state index contributed by atoms with van der Waals surface area (Å²) in [6.45, 7) is 2.53. The lowest BCUT2D eigenvalue weighted by Gasteiger charge is -2.20. The molecule has 0 aliphatic heterocycles. The summed E-state index contributed by atoms with van der Waals surface area (Å²) in [5.41, 5.74) is -5.33. The highest BCUT2D eigenvalue weighted by Crippen LogP contribution is 2.34. The van der Waals surface area contributed by atoms with Gasteiger partial charge in [-0.3, -0.25) is 0 Å². The zero-order chi connectivity index (χ0) is 16.3. The van der Waals surface area contributed by atoms with Gasteiger partial charge in [0.1, 0.15) is 0 Å². The lowest BCUT2D eigenvalue weighted by molar-refractivity contribution is -0.0435. The molecule has 1 atom stereocenters. The standard InChI is InChI=1S/C13H19F3N2O2S/c1-10(8-9-18(2)3)17-11-6-4-5-7-12(11)21(19,20)13(14,15)16/h4-7,10,17H,8-9H2,1-3H3. The Bertz CT molecular complexity index is 571. The highest BCUT2D eigenvalue weighted by Gasteiger charge is 2.47. The van der Waals surface area contributed by atoms with E-state index in [1.54, 1.807) is 6.92 Å². The molecule has 120 valence electrons. The van der Waals surface area contributed by atoms with Gasteiger partial charge in [-0.1, -0.05) is 12.1 Å². The number of hydrogen-bond donors (Lipinski definition) is 1. The molecule has 1 rings (SSSR count). The highest BCUT2D eigenvalue weighted by atomic mass is 32.2. The number of nitrogens with zero attached hydrogens (tertiary/aromatic N) is 1. The van der Waals surface area contributed by atoms with E-state index in [-0.39, 0.29) is 11.7 Å². The van der Waals surface area contributed by atoms with Crippen molar-refractivity contribution in [1.82, 2.24) is 4.90 Å². The monoisotopic (exact) mass is 324 g/mol. The number of nitrogens with one attached hydrogen (secondary N) is 1. The molecule has 0 saturated carbocycles. The summed E-state index contributed by atoms with van der Waals surface area (Å²) in [5, 5.41) is 2.84. The van der Waals surface area contributed by atoms with Gasteiger partial charge in [0.05, 0.1) is 10.6 Å². The minimum absolute atomic E-state index is 0.0268. The number of para-hydroxylation sites is 1. The van der Waals surface area contributed by atoms with E-state index in [0.29, 0.717) is 6.42 Å². The molecule has 1 aromatic carbocycles. The fraction of sp³-hybridized carbons (Fsp3) is 0.538. The average Bonchev–Trinajstić information content (AvgIpc) is 2.35. The number of halogens is 3. The predicted octanol–water partition coefficient (Wildman–Crippen LogP) is 2.73. The second-order valence-electron chi connectivity index (χ2n) is 5.08. The maximum atomic E-state index is 12.7. The summed E-state index contributed by atoms with van der Waals surface area (Å²) in [6, 6.07) is 4.91. The second kappa shape index (κ2) is 6.65. The Hall–Kier alpha value is -1.28. The summed E-state index contributed by atoms with van der Waals surface area (Å²) in [5.74, 6) is 0. The topological polar surface area (TPSA) is 49.4 Å². The van der Waals surface area contributed by atoms with Crippen molar-refractivity contribution in [3.8, 4) is 0 Å². The summed E-state index contributed by atoms with van der Waals surface area (Å²) in [6.07, 6.45) is 0.674. The van der Waals surface area contributed by atoms with Crippen LogP contribution in [0.1, 0.15) is 13.3 Å². The zero-order valence-corrected chi connectivity index (χ0v) is 12.9. The molecule has 1 unspecified atom stereocenters. The first-order valence-corrected chi connectivity index (χ1v) is 7.85. The van der Waals surface area contributed by atoms with Gasteiger partial charge in [-0.2, -0.15) is 13.2 Å². The predicted molar refractivity (Wildman–Crippen MR) is 75.9 cm³/mol. The van der Waals surface area contributed by atoms with Gasteiger partial charge in [-0.05, 0) is 46.1 Å². The normalized spacial score (nSPS) is 14.2. The number of sulfone groups is 1. The SMILES string of the molecule is CC(CCN(C)C)Nc1ccccc1S(=O)(=O)C(F)(F)F. The van der Waals surface area contributed by atoms with Crippen LogP contribution in [0.5, 0.6) is 0 Å². The number of anilines is 1. The smallest absolute Gasteiger partial charge is 0.381 e. The molecule has 0 heterocycles. The Balaban J connectivity index is 3.01. The van der Waals surface area contributed by atoms with E-state index in [2.05, 4.69) is 5.32 Å². The van der Waals surface area contributed by atoms with E-state index >= 15 is 0 Å². The Kier molecular flexibility index (Phi) is 5.63. The van der Waals surface area contributed by atoms with Crippen LogP contribution in [0.15, 0.2) is 29.2 Å². The Morgan fingerprint density at radius 2 is 1.81 bits per heavy atom. The van der Waals surface area contributed by atoms with Gasteiger partial charge in [0.15, 0.2) is 0 Å². The quantitative estimate of drug-likeness (QED) is 0.874. The van der Waals surface area contributed by atoms with Crippen LogP contribution in [0.25, 0.3) is 0 Å². The first-order valence-electron chi connectivity index (χ1n) is 6.37. The largest absolute Gasteiger partial charge is 0.501 e. The molecule has 0 aliphatic rings. The molecule has 0 spiro atoms. The maximum Gasteiger partial charge on any atom is 0.501 e. The number of rotatable bonds is 6. The summed E-state index contributed by atoms with van der Waals surface area (Å²) in [4.78, 5) is 1.20. The molecule has 0 aromatic heterocycles. The molecule has 0 bridgehead atoms. The van der Waals surface area contributed by atoms with Crippen LogP contribution in [-0.4, -0.2) is 45.5 Å². The van der Waals surface area contributed by atoms with Crippen molar-refractivity contribution >= 4 is 15.5 Å². The van der Waals surface area contributed by atoms with Gasteiger partial charge in [0.25, 0.3) is 9.84 Å². The highest BCUT2D eigenvalue weighted by molar-refractivity contribution is 7.92. The van der Waals surface area contributed by atoms with Gasteiger partial charge in [-0.15, -0.1) is 0 Å². The van der Waals surface area contributed by atoms with Crippen molar-refractivity contribution < 1.29 is 21.6 Å². The summed E-state index contributed by atoms with van der Waals surface area (Å²) < 4.78 is 61.1. The fourth-order valence-corrected chi connectivity index (χ4v) is 2.66. The van der Waals surface area contributed by atoms with Crippen molar-refractivity contribution in [3.05, 3.63) is 24.3 Å². The zero-order valence-electron chi connectivity index (χ0n) is 12.1. The van der Waals surface area contributed by atoms with Crippen LogP contribution in [0, 0.1) is 0 Å². The van der Waals surface area contributed by atoms with Crippen molar-refractivity contribution in [2.24, 2.45) is 0 Å². The summed E-state index contributed by atoms with van der Waals surface area (Å²) >= 11 is 0. The van der Waals surface area contributed by atoms with Gasteiger partial charge < -0.3 is 10.2 Å². The first kappa shape index (κ1) is 17.8. The molecule has 21 heavy (non-hydrogen) atoms. The average molecular weight is 324 g/mol. The third-order valence-corrected chi connectivity index (χ3v) is 4.44. The molecular weight excluding hydrogens is 305 g/mol. The van der Waals surface area contributed by atoms with E-state index < -0.39 is 20.2 Å². The van der Waals surface area contributed by atoms with Crippen LogP contribution >= 0.6 is 0 Å². The van der Waals surface area contributed by atoms with Crippen LogP contribution in [0.4, 0.5) is 18.9 Å². The lowest BCUT2D eigenvalue weighted by Crippen LogP contribution is -2.27. The van der Waals surface area contributed by atoms with Gasteiger partial charge in [0.2, 0.25) is 0 Å². The van der Waals surface area contributed by atoms with E-state index in [0.717, 1.165) is 12.6 Å². The molecular formula is C13H19F3N2O2S. The minimum atomic E-state index is -5.36. The Morgan fingerprint density at radius 1 is 1.24 bits per heavy atom. The molecule has 8 heteroatoms. The Morgan fingerprint density at radius 3 is 2.33 bits per heavy atom. The van der Waals surface area contributed by atoms with Gasteiger partial charge in [0, 0.05) is 6.04 Å². The molecule has 1 aromatic rings. The molecule has 0 aliphatic carbocycles. The van der Waals surface area contributed by atoms with E-state index in [9.17, 15) is 21.6 Å². The third kappa shape index (κ3) is 4.60. The van der Waals surface area contributed by atoms with Crippen molar-refractivity contribution in [3.63, 3.8) is 0 Å². The van der Waals surface area contributed by atoms with Crippen LogP contribution in [0.2, 0.25) is 0 Å². The third-order valence-electron chi connectivity index (χ3n) is 2.89. The number of hydrogen-bond acceptors (Lipinski definition) is 4.